The summed E-state index contributed by atoms with van der Waals surface area (Å²) in [5.41, 5.74) is 3.85. The molecule has 1 saturated carbocycles. The topological polar surface area (TPSA) is 63.1 Å². The average molecular weight is 407 g/mol. The number of fused-ring (bicyclic) bond motifs is 1. The number of allylic oxidation sites excluding steroid dienone is 2. The van der Waals surface area contributed by atoms with Crippen LogP contribution in [-0.2, 0) is 12.5 Å². The van der Waals surface area contributed by atoms with Gasteiger partial charge < -0.3 is 10.2 Å². The maximum absolute atomic E-state index is 15.2. The minimum absolute atomic E-state index is 0.113. The zero-order valence-electron chi connectivity index (χ0n) is 17.3. The third-order valence-electron chi connectivity index (χ3n) is 6.54. The number of carbonyl (C=O) groups excluding carboxylic acids is 1. The Morgan fingerprint density at radius 2 is 2.17 bits per heavy atom. The van der Waals surface area contributed by atoms with Gasteiger partial charge in [0.1, 0.15) is 5.69 Å². The van der Waals surface area contributed by atoms with Crippen LogP contribution in [0.2, 0.25) is 0 Å². The number of aromatic nitrogens is 3. The lowest BCUT2D eigenvalue weighted by molar-refractivity contribution is 0.0742. The second kappa shape index (κ2) is 7.07. The molecule has 2 unspecified atom stereocenters. The van der Waals surface area contributed by atoms with Crippen molar-refractivity contribution in [3.63, 3.8) is 0 Å². The van der Waals surface area contributed by atoms with Crippen molar-refractivity contribution in [1.29, 1.82) is 0 Å². The Kier molecular flexibility index (Phi) is 4.49. The third-order valence-corrected chi connectivity index (χ3v) is 6.54. The lowest BCUT2D eigenvalue weighted by Gasteiger charge is -2.24. The number of halogens is 1. The second-order valence-electron chi connectivity index (χ2n) is 8.53. The smallest absolute Gasteiger partial charge is 0.297 e. The summed E-state index contributed by atoms with van der Waals surface area (Å²) in [6.07, 6.45) is 10.0. The first-order chi connectivity index (χ1) is 14.5. The van der Waals surface area contributed by atoms with Gasteiger partial charge in [-0.05, 0) is 61.4 Å². The molecule has 3 aliphatic rings. The van der Waals surface area contributed by atoms with E-state index in [1.54, 1.807) is 25.3 Å². The first-order valence-electron chi connectivity index (χ1n) is 10.7. The molecule has 6 nitrogen and oxygen atoms in total. The van der Waals surface area contributed by atoms with E-state index in [0.29, 0.717) is 23.9 Å². The van der Waals surface area contributed by atoms with Gasteiger partial charge in [-0.1, -0.05) is 30.7 Å². The van der Waals surface area contributed by atoms with Gasteiger partial charge in [-0.15, -0.1) is 5.10 Å². The molecular weight excluding hydrogens is 381 g/mol. The van der Waals surface area contributed by atoms with Crippen LogP contribution in [0.25, 0.3) is 11.3 Å². The van der Waals surface area contributed by atoms with Crippen LogP contribution >= 0.6 is 0 Å². The largest absolute Gasteiger partial charge is 0.338 e. The molecule has 1 aromatic heterocycles. The van der Waals surface area contributed by atoms with Crippen molar-refractivity contribution in [2.75, 3.05) is 6.54 Å². The Bertz CT molecular complexity index is 1050. The molecule has 30 heavy (non-hydrogen) atoms. The number of carbonyl (C=O) groups is 1. The van der Waals surface area contributed by atoms with Crippen LogP contribution in [0.15, 0.2) is 42.6 Å². The van der Waals surface area contributed by atoms with Crippen LogP contribution < -0.4 is 5.32 Å². The average Bonchev–Trinajstić information content (AvgIpc) is 3.44. The van der Waals surface area contributed by atoms with Crippen molar-refractivity contribution in [2.24, 2.45) is 11.8 Å². The van der Waals surface area contributed by atoms with E-state index in [-0.39, 0.29) is 5.91 Å². The molecule has 2 aromatic rings. The molecule has 1 aromatic carbocycles. The molecule has 156 valence electrons. The highest BCUT2D eigenvalue weighted by Gasteiger charge is 2.36. The van der Waals surface area contributed by atoms with Gasteiger partial charge >= 0.3 is 0 Å². The van der Waals surface area contributed by atoms with Gasteiger partial charge in [0.2, 0.25) is 0 Å². The van der Waals surface area contributed by atoms with Crippen LogP contribution in [0.5, 0.6) is 0 Å². The zero-order chi connectivity index (χ0) is 20.9. The van der Waals surface area contributed by atoms with Gasteiger partial charge in [0.15, 0.2) is 0 Å². The minimum atomic E-state index is -1.94. The number of hydrogen-bond donors (Lipinski definition) is 1. The first-order valence-corrected chi connectivity index (χ1v) is 10.7. The second-order valence-corrected chi connectivity index (χ2v) is 8.53. The van der Waals surface area contributed by atoms with Crippen molar-refractivity contribution in [3.8, 4) is 11.3 Å². The summed E-state index contributed by atoms with van der Waals surface area (Å²) < 4.78 is 16.4. The van der Waals surface area contributed by atoms with Gasteiger partial charge in [-0.2, -0.15) is 9.07 Å². The van der Waals surface area contributed by atoms with Crippen LogP contribution in [-0.4, -0.2) is 32.3 Å². The summed E-state index contributed by atoms with van der Waals surface area (Å²) in [6, 6.07) is 5.76. The Morgan fingerprint density at radius 1 is 1.33 bits per heavy atom. The Labute approximate surface area is 175 Å². The van der Waals surface area contributed by atoms with E-state index in [0.717, 1.165) is 35.6 Å². The molecule has 1 amide bonds. The molecule has 2 aliphatic heterocycles. The third kappa shape index (κ3) is 3.13. The summed E-state index contributed by atoms with van der Waals surface area (Å²) in [7, 11) is 0. The molecule has 0 bridgehead atoms. The van der Waals surface area contributed by atoms with E-state index >= 15 is 4.39 Å². The van der Waals surface area contributed by atoms with E-state index < -0.39 is 5.92 Å². The summed E-state index contributed by atoms with van der Waals surface area (Å²) in [5.74, 6) is -0.450. The number of hydrogen-bond acceptors (Lipinski definition) is 4. The van der Waals surface area contributed by atoms with E-state index in [9.17, 15) is 4.79 Å². The van der Waals surface area contributed by atoms with Crippen LogP contribution in [0, 0.1) is 18.8 Å². The molecule has 0 radical (unpaired) electrons. The maximum Gasteiger partial charge on any atom is 0.297 e. The Hall–Kier alpha value is -2.96. The molecule has 2 atom stereocenters. The molecule has 5 rings (SSSR count). The van der Waals surface area contributed by atoms with Gasteiger partial charge in [0, 0.05) is 30.4 Å². The lowest BCUT2D eigenvalue weighted by Crippen LogP contribution is -2.41. The highest BCUT2D eigenvalue weighted by atomic mass is 19.1. The Morgan fingerprint density at radius 3 is 2.87 bits per heavy atom. The van der Waals surface area contributed by atoms with Gasteiger partial charge in [0.25, 0.3) is 11.8 Å². The van der Waals surface area contributed by atoms with Gasteiger partial charge in [-0.25, -0.2) is 0 Å². The van der Waals surface area contributed by atoms with Gasteiger partial charge in [-0.3, -0.25) is 4.79 Å². The zero-order valence-corrected chi connectivity index (χ0v) is 17.3. The van der Waals surface area contributed by atoms with Crippen LogP contribution in [0.4, 0.5) is 4.39 Å². The highest BCUT2D eigenvalue weighted by molar-refractivity contribution is 5.99. The fourth-order valence-electron chi connectivity index (χ4n) is 4.63. The van der Waals surface area contributed by atoms with E-state index in [4.69, 9.17) is 0 Å². The van der Waals surface area contributed by atoms with Crippen LogP contribution in [0.1, 0.15) is 47.8 Å². The fourth-order valence-corrected chi connectivity index (χ4v) is 4.63. The highest BCUT2D eigenvalue weighted by Crippen LogP contribution is 2.40. The number of dihydropyridines is 1. The quantitative estimate of drug-likeness (QED) is 0.738. The number of amides is 1. The molecule has 0 saturated heterocycles. The summed E-state index contributed by atoms with van der Waals surface area (Å²) in [6.45, 7) is 5.47. The normalized spacial score (nSPS) is 23.6. The van der Waals surface area contributed by atoms with E-state index in [2.05, 4.69) is 22.6 Å². The standard InChI is InChI=1S/C23H26FN5O/c1-3-16(17-6-7-17)13-28-14-19-12-18(8-9-20(19)22(28)30)21-15(2)29(27-26-21)23(24)10-4-5-11-25-23/h4-5,8-12,16-17,25H,3,6-7,13-14H2,1-2H3. The lowest BCUT2D eigenvalue weighted by atomic mass is 10.0. The predicted molar refractivity (Wildman–Crippen MR) is 112 cm³/mol. The molecular formula is C23H26FN5O. The van der Waals surface area contributed by atoms with Crippen molar-refractivity contribution < 1.29 is 9.18 Å². The molecule has 7 heteroatoms. The molecule has 1 fully saturated rings. The number of benzene rings is 1. The van der Waals surface area contributed by atoms with E-state index in [1.807, 2.05) is 23.1 Å². The minimum Gasteiger partial charge on any atom is -0.338 e. The number of rotatable bonds is 6. The summed E-state index contributed by atoms with van der Waals surface area (Å²) in [4.78, 5) is 14.9. The van der Waals surface area contributed by atoms with Crippen molar-refractivity contribution in [3.05, 3.63) is 59.4 Å². The SMILES string of the molecule is CCC(CN1Cc2cc(-c3nnn(C4(F)C=CC=CN4)c3C)ccc2C1=O)C1CC1. The van der Waals surface area contributed by atoms with Crippen LogP contribution in [0.3, 0.4) is 0 Å². The summed E-state index contributed by atoms with van der Waals surface area (Å²) in [5, 5.41) is 11.0. The number of alkyl halides is 1. The van der Waals surface area contributed by atoms with Gasteiger partial charge in [0.05, 0.1) is 5.69 Å². The first kappa shape index (κ1) is 19.0. The molecule has 0 spiro atoms. The molecule has 1 aliphatic carbocycles. The maximum atomic E-state index is 15.2. The van der Waals surface area contributed by atoms with Crippen molar-refractivity contribution in [2.45, 2.75) is 45.6 Å². The Balaban J connectivity index is 1.40. The fraction of sp³-hybridized carbons (Fsp3) is 0.435. The van der Waals surface area contributed by atoms with Crippen molar-refractivity contribution in [1.82, 2.24) is 25.2 Å². The summed E-state index contributed by atoms with van der Waals surface area (Å²) >= 11 is 0. The molecule has 3 heterocycles. The molecule has 1 N–H and O–H groups in total. The number of nitrogens with one attached hydrogen (secondary N) is 1. The van der Waals surface area contributed by atoms with E-state index in [1.165, 1.54) is 23.6 Å². The monoisotopic (exact) mass is 407 g/mol. The predicted octanol–water partition coefficient (Wildman–Crippen LogP) is 3.90. The van der Waals surface area contributed by atoms with Crippen molar-refractivity contribution >= 4 is 5.91 Å². The number of nitrogens with zero attached hydrogens (tertiary/aromatic N) is 4.